The second-order valence-electron chi connectivity index (χ2n) is 9.26. The Morgan fingerprint density at radius 3 is 2.39 bits per heavy atom. The number of imidazole rings is 1. The highest BCUT2D eigenvalue weighted by molar-refractivity contribution is 7.90. The quantitative estimate of drug-likeness (QED) is 0.479. The molecule has 1 aromatic heterocycles. The van der Waals surface area contributed by atoms with Crippen molar-refractivity contribution in [3.63, 3.8) is 0 Å². The molecule has 172 valence electrons. The van der Waals surface area contributed by atoms with Gasteiger partial charge >= 0.3 is 0 Å². The highest BCUT2D eigenvalue weighted by Crippen LogP contribution is 2.37. The molecule has 33 heavy (non-hydrogen) atoms. The van der Waals surface area contributed by atoms with Gasteiger partial charge < -0.3 is 9.47 Å². The van der Waals surface area contributed by atoms with Gasteiger partial charge in [0.25, 0.3) is 0 Å². The summed E-state index contributed by atoms with van der Waals surface area (Å²) in [5, 5.41) is 0.0687. The molecule has 0 unspecified atom stereocenters. The molecule has 0 N–H and O–H groups in total. The number of carbonyl (C=O) groups excluding carboxylic acids is 1. The number of hydrogen-bond donors (Lipinski definition) is 0. The molecule has 0 saturated heterocycles. The van der Waals surface area contributed by atoms with Crippen LogP contribution in [-0.4, -0.2) is 34.8 Å². The number of aromatic nitrogens is 2. The second-order valence-corrected chi connectivity index (χ2v) is 11.1. The van der Waals surface area contributed by atoms with Crippen LogP contribution in [0.5, 0.6) is 0 Å². The summed E-state index contributed by atoms with van der Waals surface area (Å²) in [7, 11) is -3.68. The lowest BCUT2D eigenvalue weighted by Crippen LogP contribution is -2.34. The first-order valence-electron chi connectivity index (χ1n) is 11.6. The number of carbonyl (C=O) groups is 1. The summed E-state index contributed by atoms with van der Waals surface area (Å²) >= 11 is 0. The third-order valence-electron chi connectivity index (χ3n) is 6.50. The Labute approximate surface area is 195 Å². The second kappa shape index (κ2) is 8.78. The molecule has 1 amide bonds. The number of nitrogens with zero attached hydrogens (tertiary/aromatic N) is 3. The zero-order chi connectivity index (χ0) is 23.0. The maximum atomic E-state index is 13.5. The molecule has 3 aromatic rings. The van der Waals surface area contributed by atoms with Crippen LogP contribution in [0.15, 0.2) is 66.0 Å². The summed E-state index contributed by atoms with van der Waals surface area (Å²) in [4.78, 5) is 19.3. The average molecular weight is 464 g/mol. The van der Waals surface area contributed by atoms with E-state index in [1.807, 2.05) is 66.4 Å². The van der Waals surface area contributed by atoms with Crippen LogP contribution in [0.4, 0.5) is 0 Å². The number of hydrogen-bond acceptors (Lipinski definition) is 4. The van der Waals surface area contributed by atoms with E-state index in [4.69, 9.17) is 0 Å². The Morgan fingerprint density at radius 2 is 1.73 bits per heavy atom. The van der Waals surface area contributed by atoms with Crippen LogP contribution in [0.3, 0.4) is 0 Å². The van der Waals surface area contributed by atoms with Crippen LogP contribution in [0.1, 0.15) is 48.1 Å². The molecule has 0 spiro atoms. The van der Waals surface area contributed by atoms with E-state index in [0.29, 0.717) is 13.1 Å². The van der Waals surface area contributed by atoms with E-state index in [9.17, 15) is 13.2 Å². The molecule has 0 bridgehead atoms. The first-order chi connectivity index (χ1) is 15.9. The van der Waals surface area contributed by atoms with E-state index >= 15 is 0 Å². The van der Waals surface area contributed by atoms with Crippen LogP contribution in [0.25, 0.3) is 0 Å². The molecule has 2 aliphatic carbocycles. The van der Waals surface area contributed by atoms with Crippen molar-refractivity contribution in [3.8, 4) is 0 Å². The van der Waals surface area contributed by atoms with Crippen LogP contribution < -0.4 is 0 Å². The van der Waals surface area contributed by atoms with Crippen molar-refractivity contribution in [3.05, 3.63) is 83.2 Å². The van der Waals surface area contributed by atoms with Gasteiger partial charge in [-0.05, 0) is 49.3 Å². The molecule has 5 rings (SSSR count). The number of sulfone groups is 1. The normalized spacial score (nSPS) is 16.0. The minimum Gasteiger partial charge on any atom is -0.334 e. The van der Waals surface area contributed by atoms with Gasteiger partial charge in [0.15, 0.2) is 0 Å². The van der Waals surface area contributed by atoms with Gasteiger partial charge in [-0.2, -0.15) is 0 Å². The van der Waals surface area contributed by atoms with E-state index in [0.717, 1.165) is 48.1 Å². The Morgan fingerprint density at radius 1 is 1.03 bits per heavy atom. The molecule has 0 radical (unpaired) electrons. The fraction of sp³-hybridized carbons (Fsp3) is 0.385. The van der Waals surface area contributed by atoms with Crippen molar-refractivity contribution < 1.29 is 13.2 Å². The van der Waals surface area contributed by atoms with Gasteiger partial charge in [-0.1, -0.05) is 54.6 Å². The lowest BCUT2D eigenvalue weighted by Gasteiger charge is -2.23. The van der Waals surface area contributed by atoms with Crippen molar-refractivity contribution in [2.45, 2.75) is 62.6 Å². The minimum absolute atomic E-state index is 0.0687. The third kappa shape index (κ3) is 4.88. The predicted molar refractivity (Wildman–Crippen MR) is 126 cm³/mol. The van der Waals surface area contributed by atoms with Crippen LogP contribution in [0.2, 0.25) is 0 Å². The van der Waals surface area contributed by atoms with Crippen LogP contribution >= 0.6 is 0 Å². The number of aryl methyl sites for hydroxylation is 1. The average Bonchev–Trinajstić information content (AvgIpc) is 3.72. The molecule has 0 atom stereocenters. The lowest BCUT2D eigenvalue weighted by molar-refractivity contribution is -0.133. The zero-order valence-electron chi connectivity index (χ0n) is 18.9. The summed E-state index contributed by atoms with van der Waals surface area (Å²) < 4.78 is 28.8. The van der Waals surface area contributed by atoms with E-state index in [2.05, 4.69) is 4.98 Å². The van der Waals surface area contributed by atoms with E-state index in [1.165, 1.54) is 0 Å². The summed E-state index contributed by atoms with van der Waals surface area (Å²) in [6.07, 6.45) is 5.60. The predicted octanol–water partition coefficient (Wildman–Crippen LogP) is 4.11. The van der Waals surface area contributed by atoms with E-state index in [-0.39, 0.29) is 28.8 Å². The molecule has 2 aliphatic rings. The van der Waals surface area contributed by atoms with Crippen molar-refractivity contribution in [2.75, 3.05) is 0 Å². The largest absolute Gasteiger partial charge is 0.334 e. The SMILES string of the molecule is Cc1ccccc1CS(=O)(=O)c1ncc(CN(C(=O)C2CC2)C2CC2)n1Cc1ccccc1. The maximum absolute atomic E-state index is 13.5. The Balaban J connectivity index is 1.50. The maximum Gasteiger partial charge on any atom is 0.228 e. The first-order valence-corrected chi connectivity index (χ1v) is 13.2. The van der Waals surface area contributed by atoms with Crippen molar-refractivity contribution in [1.29, 1.82) is 0 Å². The fourth-order valence-corrected chi connectivity index (χ4v) is 5.85. The standard InChI is InChI=1S/C26H29N3O3S/c1-19-7-5-6-10-22(19)18-33(31,32)26-27-15-24(29(26)16-20-8-3-2-4-9-20)17-28(23-13-14-23)25(30)21-11-12-21/h2-10,15,21,23H,11-14,16-18H2,1H3. The number of benzene rings is 2. The van der Waals surface area contributed by atoms with Gasteiger partial charge in [0.05, 0.1) is 30.7 Å². The van der Waals surface area contributed by atoms with Gasteiger partial charge in [0.2, 0.25) is 20.9 Å². The Hall–Kier alpha value is -2.93. The minimum atomic E-state index is -3.68. The number of amides is 1. The summed E-state index contributed by atoms with van der Waals surface area (Å²) in [6, 6.07) is 17.6. The third-order valence-corrected chi connectivity index (χ3v) is 8.07. The summed E-state index contributed by atoms with van der Waals surface area (Å²) in [5.74, 6) is 0.243. The van der Waals surface area contributed by atoms with E-state index in [1.54, 1.807) is 10.8 Å². The van der Waals surface area contributed by atoms with Gasteiger partial charge in [-0.15, -0.1) is 0 Å². The van der Waals surface area contributed by atoms with E-state index < -0.39 is 9.84 Å². The molecular formula is C26H29N3O3S. The van der Waals surface area contributed by atoms with Gasteiger partial charge in [-0.25, -0.2) is 13.4 Å². The fourth-order valence-electron chi connectivity index (χ4n) is 4.26. The zero-order valence-corrected chi connectivity index (χ0v) is 19.7. The Kier molecular flexibility index (Phi) is 5.83. The highest BCUT2D eigenvalue weighted by Gasteiger charge is 2.40. The Bertz CT molecular complexity index is 1260. The highest BCUT2D eigenvalue weighted by atomic mass is 32.2. The lowest BCUT2D eigenvalue weighted by atomic mass is 10.1. The van der Waals surface area contributed by atoms with Gasteiger partial charge in [-0.3, -0.25) is 4.79 Å². The number of rotatable bonds is 9. The summed E-state index contributed by atoms with van der Waals surface area (Å²) in [5.41, 5.74) is 3.48. The summed E-state index contributed by atoms with van der Waals surface area (Å²) in [6.45, 7) is 2.72. The molecule has 2 saturated carbocycles. The molecule has 6 nitrogen and oxygen atoms in total. The van der Waals surface area contributed by atoms with Gasteiger partial charge in [0, 0.05) is 12.0 Å². The van der Waals surface area contributed by atoms with Crippen molar-refractivity contribution >= 4 is 15.7 Å². The molecule has 7 heteroatoms. The molecular weight excluding hydrogens is 434 g/mol. The first kappa shape index (κ1) is 21.9. The van der Waals surface area contributed by atoms with Crippen LogP contribution in [0, 0.1) is 12.8 Å². The monoisotopic (exact) mass is 463 g/mol. The smallest absolute Gasteiger partial charge is 0.228 e. The van der Waals surface area contributed by atoms with Crippen LogP contribution in [-0.2, 0) is 33.5 Å². The molecule has 2 fully saturated rings. The van der Waals surface area contributed by atoms with Gasteiger partial charge in [0.1, 0.15) is 0 Å². The molecule has 1 heterocycles. The molecule has 0 aliphatic heterocycles. The van der Waals surface area contributed by atoms with Crippen molar-refractivity contribution in [1.82, 2.24) is 14.5 Å². The molecule has 2 aromatic carbocycles. The van der Waals surface area contributed by atoms with Crippen molar-refractivity contribution in [2.24, 2.45) is 5.92 Å². The topological polar surface area (TPSA) is 72.3 Å².